The van der Waals surface area contributed by atoms with Crippen LogP contribution in [0.3, 0.4) is 0 Å². The van der Waals surface area contributed by atoms with E-state index in [0.29, 0.717) is 5.75 Å². The number of amides is 1. The second-order valence-electron chi connectivity index (χ2n) is 5.50. The van der Waals surface area contributed by atoms with E-state index in [4.69, 9.17) is 10.5 Å². The first-order valence-corrected chi connectivity index (χ1v) is 7.23. The first-order valence-electron chi connectivity index (χ1n) is 7.23. The zero-order chi connectivity index (χ0) is 17.5. The minimum atomic E-state index is -4.47. The minimum Gasteiger partial charge on any atom is -0.497 e. The van der Waals surface area contributed by atoms with Gasteiger partial charge in [-0.25, -0.2) is 0 Å². The molecule has 2 aromatic carbocycles. The minimum absolute atomic E-state index is 0.178. The Morgan fingerprint density at radius 1 is 1.12 bits per heavy atom. The Bertz CT molecular complexity index is 759. The van der Waals surface area contributed by atoms with Crippen molar-refractivity contribution in [1.82, 2.24) is 0 Å². The standard InChI is InChI=1S/C17H15F3N2O2/c1-24-13-7-5-10(6-8-13)15-14(21)16(23)22(15)12-4-2-3-11(9-12)17(18,19)20/h2-9,14-15H,21H2,1H3/t14-,15+/m1/s1. The monoisotopic (exact) mass is 336 g/mol. The average Bonchev–Trinajstić information content (AvgIpc) is 2.58. The van der Waals surface area contributed by atoms with Gasteiger partial charge in [0.1, 0.15) is 11.8 Å². The summed E-state index contributed by atoms with van der Waals surface area (Å²) in [5, 5.41) is 0. The lowest BCUT2D eigenvalue weighted by molar-refractivity contribution is -0.137. The molecule has 0 aromatic heterocycles. The zero-order valence-corrected chi connectivity index (χ0v) is 12.7. The summed E-state index contributed by atoms with van der Waals surface area (Å²) >= 11 is 0. The molecule has 0 saturated carbocycles. The molecule has 3 rings (SSSR count). The lowest BCUT2D eigenvalue weighted by atomic mass is 9.88. The predicted octanol–water partition coefficient (Wildman–Crippen LogP) is 3.13. The first kappa shape index (κ1) is 16.3. The molecule has 2 aromatic rings. The van der Waals surface area contributed by atoms with Crippen molar-refractivity contribution in [3.05, 3.63) is 59.7 Å². The number of alkyl halides is 3. The summed E-state index contributed by atoms with van der Waals surface area (Å²) in [6.45, 7) is 0. The summed E-state index contributed by atoms with van der Waals surface area (Å²) in [4.78, 5) is 13.4. The van der Waals surface area contributed by atoms with Crippen LogP contribution >= 0.6 is 0 Å². The summed E-state index contributed by atoms with van der Waals surface area (Å²) in [5.74, 6) is 0.235. The van der Waals surface area contributed by atoms with E-state index in [-0.39, 0.29) is 5.69 Å². The Hall–Kier alpha value is -2.54. The highest BCUT2D eigenvalue weighted by Crippen LogP contribution is 2.40. The molecule has 0 aliphatic carbocycles. The van der Waals surface area contributed by atoms with Crippen LogP contribution in [0.25, 0.3) is 0 Å². The molecular formula is C17H15F3N2O2. The number of β-lactam (4-membered cyclic amide) rings is 1. The van der Waals surface area contributed by atoms with Gasteiger partial charge in [0.25, 0.3) is 0 Å². The Morgan fingerprint density at radius 3 is 2.38 bits per heavy atom. The number of benzene rings is 2. The van der Waals surface area contributed by atoms with Crippen molar-refractivity contribution in [3.8, 4) is 5.75 Å². The highest BCUT2D eigenvalue weighted by molar-refractivity contribution is 6.05. The lowest BCUT2D eigenvalue weighted by Crippen LogP contribution is -2.63. The molecular weight excluding hydrogens is 321 g/mol. The van der Waals surface area contributed by atoms with E-state index in [0.717, 1.165) is 17.7 Å². The highest BCUT2D eigenvalue weighted by Gasteiger charge is 2.47. The van der Waals surface area contributed by atoms with Gasteiger partial charge in [0.15, 0.2) is 0 Å². The molecule has 0 bridgehead atoms. The van der Waals surface area contributed by atoms with E-state index in [1.165, 1.54) is 24.1 Å². The number of halogens is 3. The molecule has 7 heteroatoms. The van der Waals surface area contributed by atoms with Gasteiger partial charge in [-0.05, 0) is 35.9 Å². The van der Waals surface area contributed by atoms with Crippen molar-refractivity contribution in [2.45, 2.75) is 18.3 Å². The van der Waals surface area contributed by atoms with Crippen LogP contribution in [0.5, 0.6) is 5.75 Å². The number of hydrogen-bond donors (Lipinski definition) is 1. The summed E-state index contributed by atoms with van der Waals surface area (Å²) in [7, 11) is 1.53. The summed E-state index contributed by atoms with van der Waals surface area (Å²) < 4.78 is 43.7. The van der Waals surface area contributed by atoms with E-state index < -0.39 is 29.7 Å². The van der Waals surface area contributed by atoms with Crippen LogP contribution in [-0.4, -0.2) is 19.1 Å². The number of nitrogens with zero attached hydrogens (tertiary/aromatic N) is 1. The fourth-order valence-corrected chi connectivity index (χ4v) is 2.79. The number of ether oxygens (including phenoxy) is 1. The molecule has 0 unspecified atom stereocenters. The van der Waals surface area contributed by atoms with Crippen molar-refractivity contribution in [2.75, 3.05) is 12.0 Å². The summed E-state index contributed by atoms with van der Waals surface area (Å²) in [6, 6.07) is 10.3. The van der Waals surface area contributed by atoms with Crippen molar-refractivity contribution >= 4 is 11.6 Å². The van der Waals surface area contributed by atoms with Crippen LogP contribution < -0.4 is 15.4 Å². The van der Waals surface area contributed by atoms with Crippen molar-refractivity contribution in [2.24, 2.45) is 5.73 Å². The van der Waals surface area contributed by atoms with Crippen LogP contribution in [0.2, 0.25) is 0 Å². The van der Waals surface area contributed by atoms with Crippen molar-refractivity contribution in [3.63, 3.8) is 0 Å². The number of carbonyl (C=O) groups is 1. The quantitative estimate of drug-likeness (QED) is 0.876. The number of carbonyl (C=O) groups excluding carboxylic acids is 1. The predicted molar refractivity (Wildman–Crippen MR) is 82.6 cm³/mol. The molecule has 1 aliphatic heterocycles. The molecule has 2 N–H and O–H groups in total. The van der Waals surface area contributed by atoms with E-state index >= 15 is 0 Å². The highest BCUT2D eigenvalue weighted by atomic mass is 19.4. The summed E-state index contributed by atoms with van der Waals surface area (Å²) in [5.41, 5.74) is 5.99. The third-order valence-corrected chi connectivity index (χ3v) is 4.05. The topological polar surface area (TPSA) is 55.6 Å². The fourth-order valence-electron chi connectivity index (χ4n) is 2.79. The van der Waals surface area contributed by atoms with Crippen LogP contribution in [0.1, 0.15) is 17.2 Å². The van der Waals surface area contributed by atoms with Gasteiger partial charge in [0.2, 0.25) is 5.91 Å². The molecule has 24 heavy (non-hydrogen) atoms. The maximum atomic E-state index is 12.9. The number of rotatable bonds is 3. The third-order valence-electron chi connectivity index (χ3n) is 4.05. The van der Waals surface area contributed by atoms with Gasteiger partial charge in [0, 0.05) is 5.69 Å². The third kappa shape index (κ3) is 2.71. The van der Waals surface area contributed by atoms with Gasteiger partial charge < -0.3 is 15.4 Å². The van der Waals surface area contributed by atoms with Gasteiger partial charge in [-0.3, -0.25) is 4.79 Å². The van der Waals surface area contributed by atoms with Crippen molar-refractivity contribution in [1.29, 1.82) is 0 Å². The number of hydrogen-bond acceptors (Lipinski definition) is 3. The molecule has 4 nitrogen and oxygen atoms in total. The zero-order valence-electron chi connectivity index (χ0n) is 12.7. The Kier molecular flexibility index (Phi) is 3.96. The van der Waals surface area contributed by atoms with Gasteiger partial charge in [-0.1, -0.05) is 18.2 Å². The molecule has 126 valence electrons. The van der Waals surface area contributed by atoms with Crippen LogP contribution in [0, 0.1) is 0 Å². The largest absolute Gasteiger partial charge is 0.497 e. The Balaban J connectivity index is 1.95. The molecule has 0 spiro atoms. The van der Waals surface area contributed by atoms with Crippen LogP contribution in [-0.2, 0) is 11.0 Å². The molecule has 1 amide bonds. The second kappa shape index (κ2) is 5.83. The molecule has 2 atom stereocenters. The van der Waals surface area contributed by atoms with Gasteiger partial charge in [-0.15, -0.1) is 0 Å². The average molecular weight is 336 g/mol. The molecule has 0 radical (unpaired) electrons. The molecule has 1 heterocycles. The smallest absolute Gasteiger partial charge is 0.416 e. The molecule has 1 aliphatic rings. The van der Waals surface area contributed by atoms with Crippen LogP contribution in [0.4, 0.5) is 18.9 Å². The number of methoxy groups -OCH3 is 1. The fraction of sp³-hybridized carbons (Fsp3) is 0.235. The first-order chi connectivity index (χ1) is 11.3. The molecule has 1 fully saturated rings. The van der Waals surface area contributed by atoms with E-state index in [1.807, 2.05) is 0 Å². The van der Waals surface area contributed by atoms with Gasteiger partial charge in [-0.2, -0.15) is 13.2 Å². The van der Waals surface area contributed by atoms with Crippen LogP contribution in [0.15, 0.2) is 48.5 Å². The Morgan fingerprint density at radius 2 is 1.79 bits per heavy atom. The summed E-state index contributed by atoms with van der Waals surface area (Å²) in [6.07, 6.45) is -4.47. The second-order valence-corrected chi connectivity index (χ2v) is 5.50. The van der Waals surface area contributed by atoms with Crippen molar-refractivity contribution < 1.29 is 22.7 Å². The maximum Gasteiger partial charge on any atom is 0.416 e. The van der Waals surface area contributed by atoms with Gasteiger partial charge in [0.05, 0.1) is 18.7 Å². The maximum absolute atomic E-state index is 12.9. The Labute approximate surface area is 136 Å². The molecule has 1 saturated heterocycles. The van der Waals surface area contributed by atoms with Gasteiger partial charge >= 0.3 is 6.18 Å². The van der Waals surface area contributed by atoms with E-state index in [2.05, 4.69) is 0 Å². The van der Waals surface area contributed by atoms with E-state index in [9.17, 15) is 18.0 Å². The van der Waals surface area contributed by atoms with E-state index in [1.54, 1.807) is 24.3 Å². The number of anilines is 1. The number of nitrogens with two attached hydrogens (primary N) is 1. The normalized spacial score (nSPS) is 20.7. The SMILES string of the molecule is COc1ccc([C@H]2[C@@H](N)C(=O)N2c2cccc(C(F)(F)F)c2)cc1. The lowest BCUT2D eigenvalue weighted by Gasteiger charge is -2.45.